The summed E-state index contributed by atoms with van der Waals surface area (Å²) >= 11 is 6.78. The smallest absolute Gasteiger partial charge is 0.267 e. The van der Waals surface area contributed by atoms with E-state index in [-0.39, 0.29) is 17.5 Å². The monoisotopic (exact) mass is 533 g/mol. The van der Waals surface area contributed by atoms with Crippen molar-refractivity contribution < 1.29 is 4.79 Å². The molecule has 4 heterocycles. The summed E-state index contributed by atoms with van der Waals surface area (Å²) < 4.78 is 2.11. The van der Waals surface area contributed by atoms with Crippen molar-refractivity contribution in [2.45, 2.75) is 39.8 Å². The molecule has 1 atom stereocenters. The maximum atomic E-state index is 13.8. The Kier molecular flexibility index (Phi) is 7.46. The van der Waals surface area contributed by atoms with Gasteiger partial charge in [0, 0.05) is 45.0 Å². The molecule has 0 bridgehead atoms. The number of benzene rings is 1. The number of aromatic nitrogens is 2. The number of piperazine rings is 1. The summed E-state index contributed by atoms with van der Waals surface area (Å²) in [6.07, 6.45) is 4.31. The van der Waals surface area contributed by atoms with Crippen LogP contribution < -0.4 is 10.5 Å². The number of aryl methyl sites for hydroxylation is 1. The summed E-state index contributed by atoms with van der Waals surface area (Å²) in [7, 11) is 0. The molecule has 0 radical (unpaired) electrons. The summed E-state index contributed by atoms with van der Waals surface area (Å²) in [5.74, 6) is 0.485. The lowest BCUT2D eigenvalue weighted by atomic mass is 10.1. The lowest BCUT2D eigenvalue weighted by Crippen LogP contribution is -2.47. The highest BCUT2D eigenvalue weighted by molar-refractivity contribution is 8.26. The van der Waals surface area contributed by atoms with Gasteiger partial charge in [-0.2, -0.15) is 0 Å². The van der Waals surface area contributed by atoms with Gasteiger partial charge in [0.25, 0.3) is 11.5 Å². The number of hydrogen-bond acceptors (Lipinski definition) is 7. The highest BCUT2D eigenvalue weighted by Gasteiger charge is 2.35. The number of amides is 1. The zero-order valence-corrected chi connectivity index (χ0v) is 23.0. The van der Waals surface area contributed by atoms with Gasteiger partial charge in [0.15, 0.2) is 0 Å². The van der Waals surface area contributed by atoms with Crippen molar-refractivity contribution in [3.63, 3.8) is 0 Å². The van der Waals surface area contributed by atoms with Gasteiger partial charge in [-0.15, -0.1) is 0 Å². The molecule has 0 spiro atoms. The molecule has 2 aliphatic heterocycles. The normalized spacial score (nSPS) is 18.8. The van der Waals surface area contributed by atoms with Crippen LogP contribution >= 0.6 is 24.0 Å². The summed E-state index contributed by atoms with van der Waals surface area (Å²) in [6, 6.07) is 14.3. The maximum Gasteiger partial charge on any atom is 0.267 e. The predicted octanol–water partition coefficient (Wildman–Crippen LogP) is 4.32. The minimum atomic E-state index is -0.177. The van der Waals surface area contributed by atoms with Crippen LogP contribution in [0.5, 0.6) is 0 Å². The first-order valence-corrected chi connectivity index (χ1v) is 13.9. The van der Waals surface area contributed by atoms with Crippen LogP contribution in [0, 0.1) is 6.92 Å². The number of pyridine rings is 1. The maximum absolute atomic E-state index is 13.8. The summed E-state index contributed by atoms with van der Waals surface area (Å²) in [5, 5.41) is 0. The molecule has 2 aliphatic rings. The Morgan fingerprint density at radius 2 is 1.81 bits per heavy atom. The lowest BCUT2D eigenvalue weighted by molar-refractivity contribution is -0.123. The lowest BCUT2D eigenvalue weighted by Gasteiger charge is -2.36. The Balaban J connectivity index is 1.50. The standard InChI is InChI=1S/C28H31N5O2S2/c1-4-20(3)33-27(35)23(37-28(33)36)16-22-25(29-24-11-10-19(2)17-32(24)26(22)34)31-14-12-30(13-15-31)18-21-8-6-5-7-9-21/h5-11,16-17,20H,4,12-15,18H2,1-3H3/b23-16-/t20-/m1/s1. The molecule has 7 nitrogen and oxygen atoms in total. The molecule has 1 aromatic carbocycles. The number of fused-ring (bicyclic) bond motifs is 1. The molecule has 2 fully saturated rings. The van der Waals surface area contributed by atoms with Crippen LogP contribution in [0.15, 0.2) is 58.4 Å². The van der Waals surface area contributed by atoms with E-state index in [0.717, 1.165) is 44.7 Å². The number of thiocarbonyl (C=S) groups is 1. The van der Waals surface area contributed by atoms with Crippen molar-refractivity contribution in [1.29, 1.82) is 0 Å². The van der Waals surface area contributed by atoms with Crippen molar-refractivity contribution >= 4 is 51.7 Å². The highest BCUT2D eigenvalue weighted by Crippen LogP contribution is 2.35. The van der Waals surface area contributed by atoms with E-state index >= 15 is 0 Å². The van der Waals surface area contributed by atoms with Crippen molar-refractivity contribution in [2.24, 2.45) is 0 Å². The fraction of sp³-hybridized carbons (Fsp3) is 0.357. The molecule has 3 aromatic rings. The number of carbonyl (C=O) groups is 1. The Hall–Kier alpha value is -3.01. The molecular weight excluding hydrogens is 502 g/mol. The molecule has 0 unspecified atom stereocenters. The second kappa shape index (κ2) is 10.8. The summed E-state index contributed by atoms with van der Waals surface area (Å²) in [5.41, 5.74) is 3.11. The Morgan fingerprint density at radius 3 is 2.51 bits per heavy atom. The van der Waals surface area contributed by atoms with E-state index < -0.39 is 0 Å². The van der Waals surface area contributed by atoms with Crippen molar-refractivity contribution in [3.05, 3.63) is 80.6 Å². The van der Waals surface area contributed by atoms with E-state index in [1.165, 1.54) is 17.3 Å². The first-order chi connectivity index (χ1) is 17.9. The third-order valence-electron chi connectivity index (χ3n) is 7.04. The van der Waals surface area contributed by atoms with Gasteiger partial charge in [0.2, 0.25) is 0 Å². The van der Waals surface area contributed by atoms with Gasteiger partial charge in [-0.1, -0.05) is 67.3 Å². The van der Waals surface area contributed by atoms with Crippen LogP contribution in [0.1, 0.15) is 37.0 Å². The molecule has 2 aromatic heterocycles. The van der Waals surface area contributed by atoms with Crippen molar-refractivity contribution in [2.75, 3.05) is 31.1 Å². The molecule has 9 heteroatoms. The fourth-order valence-electron chi connectivity index (χ4n) is 4.75. The number of hydrogen-bond donors (Lipinski definition) is 0. The average molecular weight is 534 g/mol. The SMILES string of the molecule is CC[C@@H](C)N1C(=O)/C(=C/c2c(N3CCN(Cc4ccccc4)CC3)nc3ccc(C)cn3c2=O)SC1=S. The number of thioether (sulfide) groups is 1. The van der Waals surface area contributed by atoms with E-state index in [2.05, 4.69) is 34.1 Å². The Bertz CT molecular complexity index is 1430. The highest BCUT2D eigenvalue weighted by atomic mass is 32.2. The molecular formula is C28H31N5O2S2. The van der Waals surface area contributed by atoms with Gasteiger partial charge in [0.1, 0.15) is 15.8 Å². The van der Waals surface area contributed by atoms with E-state index in [1.54, 1.807) is 21.6 Å². The van der Waals surface area contributed by atoms with Crippen molar-refractivity contribution in [1.82, 2.24) is 19.2 Å². The van der Waals surface area contributed by atoms with Crippen LogP contribution in [0.25, 0.3) is 11.7 Å². The van der Waals surface area contributed by atoms with Crippen LogP contribution in [-0.4, -0.2) is 61.6 Å². The second-order valence-electron chi connectivity index (χ2n) is 9.65. The van der Waals surface area contributed by atoms with Gasteiger partial charge in [-0.05, 0) is 43.5 Å². The topological polar surface area (TPSA) is 61.2 Å². The van der Waals surface area contributed by atoms with Gasteiger partial charge < -0.3 is 4.90 Å². The van der Waals surface area contributed by atoms with E-state index in [0.29, 0.717) is 26.3 Å². The third kappa shape index (κ3) is 5.21. The molecule has 5 rings (SSSR count). The molecule has 0 saturated carbocycles. The van der Waals surface area contributed by atoms with Crippen LogP contribution in [-0.2, 0) is 11.3 Å². The third-order valence-corrected chi connectivity index (χ3v) is 8.37. The van der Waals surface area contributed by atoms with E-state index in [1.807, 2.05) is 39.0 Å². The largest absolute Gasteiger partial charge is 0.353 e. The average Bonchev–Trinajstić information content (AvgIpc) is 3.19. The molecule has 1 amide bonds. The number of rotatable bonds is 6. The van der Waals surface area contributed by atoms with Crippen LogP contribution in [0.4, 0.5) is 5.82 Å². The van der Waals surface area contributed by atoms with Gasteiger partial charge in [-0.25, -0.2) is 4.98 Å². The first kappa shape index (κ1) is 25.6. The number of nitrogens with zero attached hydrogens (tertiary/aromatic N) is 5. The fourth-order valence-corrected chi connectivity index (χ4v) is 6.19. The van der Waals surface area contributed by atoms with Crippen molar-refractivity contribution in [3.8, 4) is 0 Å². The molecule has 2 saturated heterocycles. The zero-order chi connectivity index (χ0) is 26.1. The second-order valence-corrected chi connectivity index (χ2v) is 11.3. The van der Waals surface area contributed by atoms with Crippen LogP contribution in [0.3, 0.4) is 0 Å². The Morgan fingerprint density at radius 1 is 1.08 bits per heavy atom. The molecule has 0 aliphatic carbocycles. The van der Waals surface area contributed by atoms with E-state index in [9.17, 15) is 9.59 Å². The minimum absolute atomic E-state index is 0.00837. The summed E-state index contributed by atoms with van der Waals surface area (Å²) in [4.78, 5) is 38.7. The molecule has 0 N–H and O–H groups in total. The zero-order valence-electron chi connectivity index (χ0n) is 21.4. The van der Waals surface area contributed by atoms with E-state index in [4.69, 9.17) is 17.2 Å². The van der Waals surface area contributed by atoms with Crippen LogP contribution in [0.2, 0.25) is 0 Å². The minimum Gasteiger partial charge on any atom is -0.353 e. The first-order valence-electron chi connectivity index (χ1n) is 12.7. The van der Waals surface area contributed by atoms with Gasteiger partial charge in [0.05, 0.1) is 10.5 Å². The molecule has 192 valence electrons. The molecule has 37 heavy (non-hydrogen) atoms. The number of carbonyl (C=O) groups excluding carboxylic acids is 1. The summed E-state index contributed by atoms with van der Waals surface area (Å²) in [6.45, 7) is 10.1. The number of anilines is 1. The Labute approximate surface area is 226 Å². The van der Waals surface area contributed by atoms with Gasteiger partial charge in [-0.3, -0.25) is 23.8 Å². The quantitative estimate of drug-likeness (QED) is 0.345. The predicted molar refractivity (Wildman–Crippen MR) is 155 cm³/mol. The van der Waals surface area contributed by atoms with Gasteiger partial charge >= 0.3 is 0 Å².